The summed E-state index contributed by atoms with van der Waals surface area (Å²) < 4.78 is 5.90. The molecule has 1 atom stereocenters. The molecule has 0 aromatic heterocycles. The van der Waals surface area contributed by atoms with Crippen molar-refractivity contribution in [1.29, 1.82) is 0 Å². The lowest BCUT2D eigenvalue weighted by atomic mass is 9.79. The molecule has 3 aliphatic rings. The van der Waals surface area contributed by atoms with E-state index in [0.29, 0.717) is 0 Å². The molecule has 0 spiro atoms. The molecule has 1 aliphatic carbocycles. The fourth-order valence-corrected chi connectivity index (χ4v) is 4.51. The smallest absolute Gasteiger partial charge is 0.224 e. The van der Waals surface area contributed by atoms with E-state index >= 15 is 0 Å². The standard InChI is InChI=1S/C18H33N3O2/c1-17(2)14-21(10-11-23-17)18(7-4-3-5-8-18)13-20-16(22)15-6-9-19-12-15/h15,19H,3-14H2,1-2H3,(H,20,22). The van der Waals surface area contributed by atoms with Gasteiger partial charge in [-0.1, -0.05) is 19.3 Å². The van der Waals surface area contributed by atoms with Crippen molar-refractivity contribution < 1.29 is 9.53 Å². The quantitative estimate of drug-likeness (QED) is 0.824. The van der Waals surface area contributed by atoms with Gasteiger partial charge in [0.2, 0.25) is 5.91 Å². The number of carbonyl (C=O) groups excluding carboxylic acids is 1. The number of morpholine rings is 1. The predicted octanol–water partition coefficient (Wildman–Crippen LogP) is 1.53. The molecule has 2 aliphatic heterocycles. The fourth-order valence-electron chi connectivity index (χ4n) is 4.51. The Kier molecular flexibility index (Phi) is 5.29. The molecular formula is C18H33N3O2. The highest BCUT2D eigenvalue weighted by atomic mass is 16.5. The van der Waals surface area contributed by atoms with Crippen molar-refractivity contribution >= 4 is 5.91 Å². The van der Waals surface area contributed by atoms with Crippen LogP contribution in [0.3, 0.4) is 0 Å². The minimum atomic E-state index is -0.0813. The number of rotatable bonds is 4. The number of carbonyl (C=O) groups is 1. The third kappa shape index (κ3) is 4.06. The molecule has 0 radical (unpaired) electrons. The van der Waals surface area contributed by atoms with Crippen molar-refractivity contribution in [1.82, 2.24) is 15.5 Å². The van der Waals surface area contributed by atoms with E-state index in [1.54, 1.807) is 0 Å². The molecule has 23 heavy (non-hydrogen) atoms. The van der Waals surface area contributed by atoms with E-state index in [0.717, 1.165) is 45.8 Å². The maximum Gasteiger partial charge on any atom is 0.224 e. The number of hydrogen-bond donors (Lipinski definition) is 2. The first kappa shape index (κ1) is 17.2. The molecule has 0 bridgehead atoms. The van der Waals surface area contributed by atoms with Gasteiger partial charge in [0.25, 0.3) is 0 Å². The Balaban J connectivity index is 1.65. The summed E-state index contributed by atoms with van der Waals surface area (Å²) in [6, 6.07) is 0. The molecule has 2 saturated heterocycles. The molecule has 1 unspecified atom stereocenters. The second-order valence-electron chi connectivity index (χ2n) is 8.22. The van der Waals surface area contributed by atoms with Crippen LogP contribution in [0.4, 0.5) is 0 Å². The molecule has 132 valence electrons. The zero-order valence-corrected chi connectivity index (χ0v) is 14.8. The number of amides is 1. The first-order valence-corrected chi connectivity index (χ1v) is 9.38. The summed E-state index contributed by atoms with van der Waals surface area (Å²) in [5, 5.41) is 6.59. The van der Waals surface area contributed by atoms with Crippen LogP contribution in [0.15, 0.2) is 0 Å². The second-order valence-corrected chi connectivity index (χ2v) is 8.22. The van der Waals surface area contributed by atoms with Gasteiger partial charge in [0.1, 0.15) is 0 Å². The molecule has 2 N–H and O–H groups in total. The highest BCUT2D eigenvalue weighted by molar-refractivity contribution is 5.79. The minimum absolute atomic E-state index is 0.0813. The zero-order valence-electron chi connectivity index (χ0n) is 14.8. The van der Waals surface area contributed by atoms with Gasteiger partial charge in [-0.3, -0.25) is 9.69 Å². The first-order valence-electron chi connectivity index (χ1n) is 9.38. The van der Waals surface area contributed by atoms with Crippen LogP contribution >= 0.6 is 0 Å². The van der Waals surface area contributed by atoms with Gasteiger partial charge in [-0.25, -0.2) is 0 Å². The lowest BCUT2D eigenvalue weighted by Crippen LogP contribution is -2.63. The molecule has 5 heteroatoms. The van der Waals surface area contributed by atoms with Crippen LogP contribution in [-0.4, -0.2) is 61.3 Å². The maximum atomic E-state index is 12.4. The summed E-state index contributed by atoms with van der Waals surface area (Å²) in [5.41, 5.74) is 0.0586. The molecular weight excluding hydrogens is 290 g/mol. The van der Waals surface area contributed by atoms with E-state index in [1.807, 2.05) is 0 Å². The number of nitrogens with zero attached hydrogens (tertiary/aromatic N) is 1. The predicted molar refractivity (Wildman–Crippen MR) is 91.4 cm³/mol. The van der Waals surface area contributed by atoms with Gasteiger partial charge in [0.05, 0.1) is 18.1 Å². The molecule has 5 nitrogen and oxygen atoms in total. The van der Waals surface area contributed by atoms with Crippen molar-refractivity contribution in [3.05, 3.63) is 0 Å². The number of ether oxygens (including phenoxy) is 1. The lowest BCUT2D eigenvalue weighted by molar-refractivity contribution is -0.131. The second kappa shape index (κ2) is 7.08. The fraction of sp³-hybridized carbons (Fsp3) is 0.944. The lowest BCUT2D eigenvalue weighted by Gasteiger charge is -2.51. The summed E-state index contributed by atoms with van der Waals surface area (Å²) in [6.45, 7) is 9.73. The van der Waals surface area contributed by atoms with Crippen LogP contribution in [0.1, 0.15) is 52.4 Å². The van der Waals surface area contributed by atoms with Crippen molar-refractivity contribution in [2.24, 2.45) is 5.92 Å². The van der Waals surface area contributed by atoms with Crippen molar-refractivity contribution in [3.63, 3.8) is 0 Å². The summed E-state index contributed by atoms with van der Waals surface area (Å²) >= 11 is 0. The van der Waals surface area contributed by atoms with Crippen LogP contribution < -0.4 is 10.6 Å². The summed E-state index contributed by atoms with van der Waals surface area (Å²) in [4.78, 5) is 15.1. The van der Waals surface area contributed by atoms with Crippen LogP contribution in [0, 0.1) is 5.92 Å². The van der Waals surface area contributed by atoms with Crippen molar-refractivity contribution in [3.8, 4) is 0 Å². The Morgan fingerprint density at radius 2 is 2.09 bits per heavy atom. The van der Waals surface area contributed by atoms with E-state index in [9.17, 15) is 4.79 Å². The highest BCUT2D eigenvalue weighted by Crippen LogP contribution is 2.36. The zero-order chi connectivity index (χ0) is 16.3. The Morgan fingerprint density at radius 1 is 1.30 bits per heavy atom. The van der Waals surface area contributed by atoms with Gasteiger partial charge in [-0.15, -0.1) is 0 Å². The molecule has 1 amide bonds. The summed E-state index contributed by atoms with van der Waals surface area (Å²) in [5.74, 6) is 0.407. The third-order valence-electron chi connectivity index (χ3n) is 5.90. The van der Waals surface area contributed by atoms with Crippen molar-refractivity contribution in [2.75, 3.05) is 39.3 Å². The van der Waals surface area contributed by atoms with Gasteiger partial charge >= 0.3 is 0 Å². The Labute approximate surface area is 140 Å². The monoisotopic (exact) mass is 323 g/mol. The van der Waals surface area contributed by atoms with E-state index in [-0.39, 0.29) is 23.0 Å². The van der Waals surface area contributed by atoms with E-state index in [2.05, 4.69) is 29.4 Å². The van der Waals surface area contributed by atoms with E-state index in [1.165, 1.54) is 32.1 Å². The number of hydrogen-bond acceptors (Lipinski definition) is 4. The topological polar surface area (TPSA) is 53.6 Å². The molecule has 0 aromatic rings. The van der Waals surface area contributed by atoms with Gasteiger partial charge in [-0.2, -0.15) is 0 Å². The highest BCUT2D eigenvalue weighted by Gasteiger charge is 2.42. The molecule has 3 fully saturated rings. The largest absolute Gasteiger partial charge is 0.373 e. The third-order valence-corrected chi connectivity index (χ3v) is 5.90. The molecule has 3 rings (SSSR count). The van der Waals surface area contributed by atoms with Crippen LogP contribution in [0.5, 0.6) is 0 Å². The first-order chi connectivity index (χ1) is 11.0. The average Bonchev–Trinajstić information content (AvgIpc) is 3.07. The van der Waals surface area contributed by atoms with Crippen LogP contribution in [-0.2, 0) is 9.53 Å². The number of nitrogens with one attached hydrogen (secondary N) is 2. The molecule has 2 heterocycles. The van der Waals surface area contributed by atoms with E-state index in [4.69, 9.17) is 4.74 Å². The molecule has 1 saturated carbocycles. The summed E-state index contributed by atoms with van der Waals surface area (Å²) in [7, 11) is 0. The SMILES string of the molecule is CC1(C)CN(C2(CNC(=O)C3CCNC3)CCCCC2)CCO1. The Bertz CT molecular complexity index is 412. The minimum Gasteiger partial charge on any atom is -0.373 e. The van der Waals surface area contributed by atoms with Crippen molar-refractivity contribution in [2.45, 2.75) is 63.5 Å². The Morgan fingerprint density at radius 3 is 2.74 bits per heavy atom. The van der Waals surface area contributed by atoms with Crippen LogP contribution in [0.2, 0.25) is 0 Å². The average molecular weight is 323 g/mol. The summed E-state index contributed by atoms with van der Waals surface area (Å²) in [6.07, 6.45) is 7.26. The maximum absolute atomic E-state index is 12.4. The van der Waals surface area contributed by atoms with Crippen LogP contribution in [0.25, 0.3) is 0 Å². The Hall–Kier alpha value is -0.650. The van der Waals surface area contributed by atoms with Gasteiger partial charge in [-0.05, 0) is 39.7 Å². The van der Waals surface area contributed by atoms with E-state index < -0.39 is 0 Å². The molecule has 0 aromatic carbocycles. The van der Waals surface area contributed by atoms with Gasteiger partial charge in [0, 0.05) is 31.7 Å². The van der Waals surface area contributed by atoms with Gasteiger partial charge in [0.15, 0.2) is 0 Å². The van der Waals surface area contributed by atoms with Gasteiger partial charge < -0.3 is 15.4 Å². The normalized spacial score (nSPS) is 31.0.